The molecule has 0 radical (unpaired) electrons. The summed E-state index contributed by atoms with van der Waals surface area (Å²) in [5, 5.41) is 11.6. The minimum atomic E-state index is -1.26. The van der Waals surface area contributed by atoms with Crippen LogP contribution in [0.25, 0.3) is 0 Å². The van der Waals surface area contributed by atoms with Crippen LogP contribution in [0, 0.1) is 17.8 Å². The topological polar surface area (TPSA) is 49.8 Å². The number of rotatable bonds is 8. The minimum Gasteiger partial charge on any atom is -0.462 e. The first-order valence-corrected chi connectivity index (χ1v) is 10.6. The van der Waals surface area contributed by atoms with Crippen molar-refractivity contribution in [3.8, 4) is 0 Å². The van der Waals surface area contributed by atoms with E-state index in [0.29, 0.717) is 12.5 Å². The Balaban J connectivity index is 2.03. The number of hydrogen-bond donors (Lipinski definition) is 1. The van der Waals surface area contributed by atoms with Crippen LogP contribution < -0.4 is 0 Å². The molecule has 0 spiro atoms. The number of ether oxygens (including phenoxy) is 1. The third-order valence-electron chi connectivity index (χ3n) is 6.73. The lowest BCUT2D eigenvalue weighted by Gasteiger charge is -2.44. The molecule has 4 heteroatoms. The van der Waals surface area contributed by atoms with Gasteiger partial charge in [-0.15, -0.1) is 0 Å². The summed E-state index contributed by atoms with van der Waals surface area (Å²) in [6, 6.07) is 0. The Labute approximate surface area is 154 Å². The second-order valence-corrected chi connectivity index (χ2v) is 8.28. The van der Waals surface area contributed by atoms with Crippen LogP contribution >= 0.6 is 0 Å². The highest BCUT2D eigenvalue weighted by Gasteiger charge is 2.51. The number of aliphatic hydroxyl groups is 1. The Kier molecular flexibility index (Phi) is 8.21. The van der Waals surface area contributed by atoms with Crippen LogP contribution in [-0.2, 0) is 9.53 Å². The van der Waals surface area contributed by atoms with Crippen LogP contribution in [0.1, 0.15) is 78.6 Å². The monoisotopic (exact) mass is 353 g/mol. The summed E-state index contributed by atoms with van der Waals surface area (Å²) >= 11 is 0. The van der Waals surface area contributed by atoms with E-state index in [1.165, 1.54) is 6.42 Å². The molecular weight excluding hydrogens is 314 g/mol. The van der Waals surface area contributed by atoms with Gasteiger partial charge < -0.3 is 14.7 Å². The molecular formula is C21H39NO3. The van der Waals surface area contributed by atoms with Crippen molar-refractivity contribution in [2.75, 3.05) is 26.2 Å². The SMILES string of the molecule is CCN(CC)CCOC(=O)[C@](O)(C1CCCCC1)C1CCC(C)CC1. The molecule has 0 aromatic carbocycles. The van der Waals surface area contributed by atoms with Crippen molar-refractivity contribution in [1.29, 1.82) is 0 Å². The third kappa shape index (κ3) is 5.19. The summed E-state index contributed by atoms with van der Waals surface area (Å²) in [5.41, 5.74) is -1.26. The quantitative estimate of drug-likeness (QED) is 0.670. The number of nitrogens with zero attached hydrogens (tertiary/aromatic N) is 1. The van der Waals surface area contributed by atoms with Crippen molar-refractivity contribution < 1.29 is 14.6 Å². The van der Waals surface area contributed by atoms with Gasteiger partial charge in [0.1, 0.15) is 6.61 Å². The molecule has 0 unspecified atom stereocenters. The highest BCUT2D eigenvalue weighted by Crippen LogP contribution is 2.44. The lowest BCUT2D eigenvalue weighted by molar-refractivity contribution is -0.185. The maximum absolute atomic E-state index is 13.0. The zero-order valence-corrected chi connectivity index (χ0v) is 16.6. The van der Waals surface area contributed by atoms with E-state index >= 15 is 0 Å². The van der Waals surface area contributed by atoms with E-state index in [1.807, 2.05) is 0 Å². The van der Waals surface area contributed by atoms with Crippen molar-refractivity contribution in [2.24, 2.45) is 17.8 Å². The van der Waals surface area contributed by atoms with Gasteiger partial charge in [0.15, 0.2) is 5.60 Å². The van der Waals surface area contributed by atoms with E-state index in [1.54, 1.807) is 0 Å². The number of hydrogen-bond acceptors (Lipinski definition) is 4. The lowest BCUT2D eigenvalue weighted by atomic mass is 9.65. The van der Waals surface area contributed by atoms with Gasteiger partial charge in [-0.1, -0.05) is 52.9 Å². The standard InChI is InChI=1S/C21H39NO3/c1-4-22(5-2)15-16-25-20(23)21(24,18-9-7-6-8-10-18)19-13-11-17(3)12-14-19/h17-19,24H,4-16H2,1-3H3/t17?,19?,21-/m0/s1. The van der Waals surface area contributed by atoms with Gasteiger partial charge in [-0.3, -0.25) is 0 Å². The molecule has 146 valence electrons. The summed E-state index contributed by atoms with van der Waals surface area (Å²) in [5.74, 6) is 0.532. The summed E-state index contributed by atoms with van der Waals surface area (Å²) in [6.45, 7) is 9.57. The Morgan fingerprint density at radius 1 is 1.00 bits per heavy atom. The molecule has 1 N–H and O–H groups in total. The molecule has 0 aromatic heterocycles. The van der Waals surface area contributed by atoms with Crippen LogP contribution in [0.2, 0.25) is 0 Å². The van der Waals surface area contributed by atoms with Crippen LogP contribution in [0.15, 0.2) is 0 Å². The largest absolute Gasteiger partial charge is 0.462 e. The van der Waals surface area contributed by atoms with Crippen LogP contribution in [0.4, 0.5) is 0 Å². The zero-order valence-electron chi connectivity index (χ0n) is 16.6. The second kappa shape index (κ2) is 9.91. The number of esters is 1. The summed E-state index contributed by atoms with van der Waals surface area (Å²) in [7, 11) is 0. The molecule has 2 fully saturated rings. The Bertz CT molecular complexity index is 396. The molecule has 0 aliphatic heterocycles. The van der Waals surface area contributed by atoms with Crippen molar-refractivity contribution in [3.05, 3.63) is 0 Å². The van der Waals surface area contributed by atoms with E-state index in [9.17, 15) is 9.90 Å². The van der Waals surface area contributed by atoms with Crippen molar-refractivity contribution >= 4 is 5.97 Å². The zero-order chi connectivity index (χ0) is 18.3. The number of carbonyl (C=O) groups excluding carboxylic acids is 1. The predicted octanol–water partition coefficient (Wildman–Crippen LogP) is 4.01. The normalized spacial score (nSPS) is 27.9. The van der Waals surface area contributed by atoms with Gasteiger partial charge >= 0.3 is 5.97 Å². The van der Waals surface area contributed by atoms with Crippen molar-refractivity contribution in [2.45, 2.75) is 84.2 Å². The average molecular weight is 354 g/mol. The minimum absolute atomic E-state index is 0.0766. The number of carbonyl (C=O) groups is 1. The Morgan fingerprint density at radius 2 is 1.56 bits per heavy atom. The maximum Gasteiger partial charge on any atom is 0.338 e. The summed E-state index contributed by atoms with van der Waals surface area (Å²) in [4.78, 5) is 15.3. The van der Waals surface area contributed by atoms with E-state index in [0.717, 1.165) is 71.0 Å². The fraction of sp³-hybridized carbons (Fsp3) is 0.952. The fourth-order valence-corrected chi connectivity index (χ4v) is 4.83. The van der Waals surface area contributed by atoms with Crippen LogP contribution in [-0.4, -0.2) is 47.8 Å². The summed E-state index contributed by atoms with van der Waals surface area (Å²) in [6.07, 6.45) is 9.57. The second-order valence-electron chi connectivity index (χ2n) is 8.28. The first-order chi connectivity index (χ1) is 12.0. The predicted molar refractivity (Wildman–Crippen MR) is 101 cm³/mol. The maximum atomic E-state index is 13.0. The molecule has 0 amide bonds. The van der Waals surface area contributed by atoms with Gasteiger partial charge in [0.05, 0.1) is 0 Å². The molecule has 2 saturated carbocycles. The molecule has 1 atom stereocenters. The molecule has 25 heavy (non-hydrogen) atoms. The molecule has 0 aromatic rings. The van der Waals surface area contributed by atoms with E-state index in [2.05, 4.69) is 25.7 Å². The van der Waals surface area contributed by atoms with Gasteiger partial charge in [-0.25, -0.2) is 4.79 Å². The average Bonchev–Trinajstić information content (AvgIpc) is 2.65. The molecule has 0 saturated heterocycles. The molecule has 2 aliphatic carbocycles. The molecule has 2 rings (SSSR count). The highest BCUT2D eigenvalue weighted by molar-refractivity contribution is 5.80. The lowest BCUT2D eigenvalue weighted by Crippen LogP contribution is -2.54. The van der Waals surface area contributed by atoms with Gasteiger partial charge in [0, 0.05) is 6.54 Å². The Hall–Kier alpha value is -0.610. The van der Waals surface area contributed by atoms with E-state index < -0.39 is 5.60 Å². The van der Waals surface area contributed by atoms with Crippen molar-refractivity contribution in [1.82, 2.24) is 4.90 Å². The Morgan fingerprint density at radius 3 is 2.12 bits per heavy atom. The molecule has 2 aliphatic rings. The van der Waals surface area contributed by atoms with Gasteiger partial charge in [0.25, 0.3) is 0 Å². The molecule has 0 heterocycles. The van der Waals surface area contributed by atoms with Crippen LogP contribution in [0.5, 0.6) is 0 Å². The van der Waals surface area contributed by atoms with E-state index in [4.69, 9.17) is 4.74 Å². The highest BCUT2D eigenvalue weighted by atomic mass is 16.5. The van der Waals surface area contributed by atoms with E-state index in [-0.39, 0.29) is 17.8 Å². The molecule has 4 nitrogen and oxygen atoms in total. The fourth-order valence-electron chi connectivity index (χ4n) is 4.83. The number of likely N-dealkylation sites (N-methyl/N-ethyl adjacent to an activating group) is 1. The van der Waals surface area contributed by atoms with Gasteiger partial charge in [-0.05, 0) is 56.5 Å². The van der Waals surface area contributed by atoms with Crippen molar-refractivity contribution in [3.63, 3.8) is 0 Å². The van der Waals surface area contributed by atoms with Gasteiger partial charge in [0.2, 0.25) is 0 Å². The first-order valence-electron chi connectivity index (χ1n) is 10.6. The molecule has 0 bridgehead atoms. The third-order valence-corrected chi connectivity index (χ3v) is 6.73. The first kappa shape index (κ1) is 20.7. The van der Waals surface area contributed by atoms with Gasteiger partial charge in [-0.2, -0.15) is 0 Å². The smallest absolute Gasteiger partial charge is 0.338 e. The van der Waals surface area contributed by atoms with Crippen LogP contribution in [0.3, 0.4) is 0 Å². The summed E-state index contributed by atoms with van der Waals surface area (Å²) < 4.78 is 5.64.